The summed E-state index contributed by atoms with van der Waals surface area (Å²) in [5.41, 5.74) is 0.775. The van der Waals surface area contributed by atoms with E-state index < -0.39 is 11.5 Å². The predicted octanol–water partition coefficient (Wildman–Crippen LogP) is 4.24. The van der Waals surface area contributed by atoms with Crippen LogP contribution in [0.2, 0.25) is 0 Å². The summed E-state index contributed by atoms with van der Waals surface area (Å²) in [6.07, 6.45) is 0. The maximum absolute atomic E-state index is 12.9. The summed E-state index contributed by atoms with van der Waals surface area (Å²) in [6, 6.07) is 12.8. The average molecular weight is 406 g/mol. The van der Waals surface area contributed by atoms with Gasteiger partial charge in [0.2, 0.25) is 0 Å². The molecule has 0 radical (unpaired) electrons. The van der Waals surface area contributed by atoms with E-state index in [1.807, 2.05) is 44.2 Å². The number of aryl methyl sites for hydroxylation is 1. The first kappa shape index (κ1) is 18.9. The number of carbonyl (C=O) groups is 2. The molecule has 146 valence electrons. The van der Waals surface area contributed by atoms with Crippen LogP contribution in [0.1, 0.15) is 31.2 Å². The fourth-order valence-corrected chi connectivity index (χ4v) is 4.37. The Balaban J connectivity index is 1.81. The smallest absolute Gasteiger partial charge is 0.349 e. The molecule has 0 saturated carbocycles. The number of rotatable bonds is 3. The van der Waals surface area contributed by atoms with Crippen molar-refractivity contribution in [2.45, 2.75) is 13.8 Å². The third-order valence-electron chi connectivity index (χ3n) is 4.95. The highest BCUT2D eigenvalue weighted by molar-refractivity contribution is 7.16. The van der Waals surface area contributed by atoms with Gasteiger partial charge < -0.3 is 15.1 Å². The zero-order valence-electron chi connectivity index (χ0n) is 16.1. The number of carbonyl (C=O) groups excluding carboxylic acids is 2. The number of hydrogen-bond donors (Lipinski definition) is 2. The Morgan fingerprint density at radius 1 is 1.00 bits per heavy atom. The lowest BCUT2D eigenvalue weighted by Gasteiger charge is -2.08. The number of benzene rings is 2. The molecule has 2 amide bonds. The highest BCUT2D eigenvalue weighted by Gasteiger charge is 2.22. The quantitative estimate of drug-likeness (QED) is 0.394. The molecule has 0 spiro atoms. The van der Waals surface area contributed by atoms with Crippen LogP contribution in [0, 0.1) is 13.8 Å². The lowest BCUT2D eigenvalue weighted by molar-refractivity contribution is 0.0963. The van der Waals surface area contributed by atoms with Crippen LogP contribution >= 0.6 is 11.3 Å². The first-order valence-electron chi connectivity index (χ1n) is 8.99. The topological polar surface area (TPSA) is 88.4 Å². The summed E-state index contributed by atoms with van der Waals surface area (Å²) in [5.74, 6) is -0.904. The van der Waals surface area contributed by atoms with Gasteiger partial charge in [0, 0.05) is 17.3 Å². The number of anilines is 1. The largest absolute Gasteiger partial charge is 0.422 e. The van der Waals surface area contributed by atoms with Crippen molar-refractivity contribution in [2.75, 3.05) is 12.4 Å². The fraction of sp³-hybridized carbons (Fsp3) is 0.136. The zero-order chi connectivity index (χ0) is 20.7. The average Bonchev–Trinajstić information content (AvgIpc) is 2.99. The number of fused-ring (bicyclic) bond motifs is 3. The van der Waals surface area contributed by atoms with Gasteiger partial charge in [-0.3, -0.25) is 9.59 Å². The molecule has 0 aliphatic carbocycles. The zero-order valence-corrected chi connectivity index (χ0v) is 16.9. The van der Waals surface area contributed by atoms with Gasteiger partial charge in [-0.1, -0.05) is 30.3 Å². The summed E-state index contributed by atoms with van der Waals surface area (Å²) in [7, 11) is 1.53. The monoisotopic (exact) mass is 406 g/mol. The van der Waals surface area contributed by atoms with Crippen LogP contribution in [0.4, 0.5) is 5.00 Å². The molecule has 2 aromatic heterocycles. The van der Waals surface area contributed by atoms with Crippen molar-refractivity contribution in [1.29, 1.82) is 0 Å². The van der Waals surface area contributed by atoms with E-state index in [4.69, 9.17) is 4.42 Å². The van der Waals surface area contributed by atoms with Crippen molar-refractivity contribution >= 4 is 49.9 Å². The van der Waals surface area contributed by atoms with Crippen LogP contribution in [-0.4, -0.2) is 18.9 Å². The van der Waals surface area contributed by atoms with E-state index in [1.165, 1.54) is 18.4 Å². The van der Waals surface area contributed by atoms with Crippen molar-refractivity contribution in [3.63, 3.8) is 0 Å². The van der Waals surface area contributed by atoms with E-state index in [0.717, 1.165) is 21.2 Å². The Morgan fingerprint density at radius 3 is 2.52 bits per heavy atom. The molecule has 6 nitrogen and oxygen atoms in total. The second kappa shape index (κ2) is 7.18. The van der Waals surface area contributed by atoms with Gasteiger partial charge in [-0.2, -0.15) is 0 Å². The Bertz CT molecular complexity index is 1350. The summed E-state index contributed by atoms with van der Waals surface area (Å²) >= 11 is 1.29. The van der Waals surface area contributed by atoms with Gasteiger partial charge in [0.1, 0.15) is 16.1 Å². The van der Waals surface area contributed by atoms with Gasteiger partial charge in [-0.05, 0) is 42.3 Å². The van der Waals surface area contributed by atoms with Crippen molar-refractivity contribution in [3.8, 4) is 0 Å². The summed E-state index contributed by atoms with van der Waals surface area (Å²) in [5, 5.41) is 8.24. The fourth-order valence-electron chi connectivity index (χ4n) is 3.31. The van der Waals surface area contributed by atoms with Crippen molar-refractivity contribution in [1.82, 2.24) is 5.32 Å². The molecule has 2 aromatic carbocycles. The van der Waals surface area contributed by atoms with E-state index in [9.17, 15) is 14.4 Å². The standard InChI is InChI=1S/C22H18N2O4S/c1-11-12(2)29-21(18(11)20(26)23-3)24-19(25)16-10-15-14-7-5-4-6-13(14)8-9-17(15)28-22(16)27/h4-10H,1-3H3,(H,23,26)(H,24,25). The van der Waals surface area contributed by atoms with Crippen molar-refractivity contribution in [2.24, 2.45) is 0 Å². The van der Waals surface area contributed by atoms with Gasteiger partial charge in [-0.15, -0.1) is 11.3 Å². The van der Waals surface area contributed by atoms with E-state index >= 15 is 0 Å². The third-order valence-corrected chi connectivity index (χ3v) is 6.08. The van der Waals surface area contributed by atoms with Gasteiger partial charge >= 0.3 is 5.63 Å². The van der Waals surface area contributed by atoms with E-state index in [2.05, 4.69) is 10.6 Å². The molecule has 0 aliphatic heterocycles. The predicted molar refractivity (Wildman–Crippen MR) is 115 cm³/mol. The number of nitrogens with one attached hydrogen (secondary N) is 2. The molecule has 0 aliphatic rings. The first-order chi connectivity index (χ1) is 13.9. The van der Waals surface area contributed by atoms with Crippen LogP contribution in [0.3, 0.4) is 0 Å². The first-order valence-corrected chi connectivity index (χ1v) is 9.81. The highest BCUT2D eigenvalue weighted by atomic mass is 32.1. The molecule has 7 heteroatoms. The number of hydrogen-bond acceptors (Lipinski definition) is 5. The molecular formula is C22H18N2O4S. The minimum Gasteiger partial charge on any atom is -0.422 e. The molecule has 0 fully saturated rings. The summed E-state index contributed by atoms with van der Waals surface area (Å²) < 4.78 is 5.40. The van der Waals surface area contributed by atoms with Crippen LogP contribution in [0.25, 0.3) is 21.7 Å². The molecule has 4 aromatic rings. The Hall–Kier alpha value is -3.45. The second-order valence-electron chi connectivity index (χ2n) is 6.67. The van der Waals surface area contributed by atoms with Gasteiger partial charge in [0.15, 0.2) is 0 Å². The number of thiophene rings is 1. The van der Waals surface area contributed by atoms with Gasteiger partial charge in [0.05, 0.1) is 5.56 Å². The lowest BCUT2D eigenvalue weighted by atomic mass is 10.0. The summed E-state index contributed by atoms with van der Waals surface area (Å²) in [4.78, 5) is 38.5. The minimum absolute atomic E-state index is 0.111. The minimum atomic E-state index is -0.725. The van der Waals surface area contributed by atoms with Crippen LogP contribution in [0.15, 0.2) is 51.7 Å². The highest BCUT2D eigenvalue weighted by Crippen LogP contribution is 2.33. The Morgan fingerprint density at radius 2 is 1.76 bits per heavy atom. The molecule has 2 heterocycles. The SMILES string of the molecule is CNC(=O)c1c(NC(=O)c2cc3c(ccc4ccccc43)oc2=O)sc(C)c1C. The van der Waals surface area contributed by atoms with Crippen LogP contribution in [-0.2, 0) is 0 Å². The maximum atomic E-state index is 12.9. The molecule has 2 N–H and O–H groups in total. The van der Waals surface area contributed by atoms with Crippen LogP contribution in [0.5, 0.6) is 0 Å². The van der Waals surface area contributed by atoms with E-state index in [0.29, 0.717) is 21.5 Å². The van der Waals surface area contributed by atoms with Crippen molar-refractivity contribution in [3.05, 3.63) is 74.5 Å². The Labute approximate surface area is 170 Å². The van der Waals surface area contributed by atoms with Gasteiger partial charge in [0.25, 0.3) is 11.8 Å². The molecule has 0 atom stereocenters. The lowest BCUT2D eigenvalue weighted by Crippen LogP contribution is -2.23. The normalized spacial score (nSPS) is 11.0. The molecule has 0 unspecified atom stereocenters. The molecule has 4 rings (SSSR count). The maximum Gasteiger partial charge on any atom is 0.349 e. The third kappa shape index (κ3) is 3.19. The van der Waals surface area contributed by atoms with Crippen LogP contribution < -0.4 is 16.3 Å². The van der Waals surface area contributed by atoms with Gasteiger partial charge in [-0.25, -0.2) is 4.79 Å². The molecular weight excluding hydrogens is 388 g/mol. The summed E-state index contributed by atoms with van der Waals surface area (Å²) in [6.45, 7) is 3.70. The number of amides is 2. The second-order valence-corrected chi connectivity index (χ2v) is 7.89. The molecule has 0 saturated heterocycles. The van der Waals surface area contributed by atoms with E-state index in [-0.39, 0.29) is 11.5 Å². The molecule has 0 bridgehead atoms. The van der Waals surface area contributed by atoms with E-state index in [1.54, 1.807) is 12.1 Å². The molecule has 29 heavy (non-hydrogen) atoms. The Kier molecular flexibility index (Phi) is 4.68. The van der Waals surface area contributed by atoms with Crippen molar-refractivity contribution < 1.29 is 14.0 Å².